The van der Waals surface area contributed by atoms with E-state index in [0.717, 1.165) is 28.4 Å². The van der Waals surface area contributed by atoms with Gasteiger partial charge in [0, 0.05) is 11.6 Å². The second-order valence-corrected chi connectivity index (χ2v) is 5.35. The maximum Gasteiger partial charge on any atom is 0.155 e. The lowest BCUT2D eigenvalue weighted by molar-refractivity contribution is 0.731. The first-order chi connectivity index (χ1) is 8.63. The SMILES string of the molecule is CCC(Nc1nnc(Cl)c(C)c1C)c1nccs1. The molecule has 2 aromatic rings. The van der Waals surface area contributed by atoms with Crippen LogP contribution in [0, 0.1) is 13.8 Å². The van der Waals surface area contributed by atoms with E-state index in [-0.39, 0.29) is 6.04 Å². The quantitative estimate of drug-likeness (QED) is 0.927. The second kappa shape index (κ2) is 5.63. The third-order valence-electron chi connectivity index (χ3n) is 2.93. The van der Waals surface area contributed by atoms with Gasteiger partial charge in [-0.2, -0.15) is 0 Å². The Morgan fingerprint density at radius 2 is 2.11 bits per heavy atom. The van der Waals surface area contributed by atoms with Crippen molar-refractivity contribution in [1.29, 1.82) is 0 Å². The number of rotatable bonds is 4. The smallest absolute Gasteiger partial charge is 0.155 e. The Morgan fingerprint density at radius 1 is 1.33 bits per heavy atom. The molecule has 0 aliphatic rings. The van der Waals surface area contributed by atoms with Crippen LogP contribution >= 0.6 is 22.9 Å². The fourth-order valence-electron chi connectivity index (χ4n) is 1.62. The van der Waals surface area contributed by atoms with Gasteiger partial charge in [-0.1, -0.05) is 18.5 Å². The van der Waals surface area contributed by atoms with E-state index in [0.29, 0.717) is 5.15 Å². The molecule has 2 aromatic heterocycles. The van der Waals surface area contributed by atoms with Crippen LogP contribution < -0.4 is 5.32 Å². The molecule has 0 aliphatic heterocycles. The average molecular weight is 283 g/mol. The summed E-state index contributed by atoms with van der Waals surface area (Å²) in [6.07, 6.45) is 2.76. The Hall–Kier alpha value is -1.20. The van der Waals surface area contributed by atoms with Crippen molar-refractivity contribution in [3.8, 4) is 0 Å². The zero-order valence-corrected chi connectivity index (χ0v) is 12.1. The molecule has 0 fully saturated rings. The van der Waals surface area contributed by atoms with Crippen molar-refractivity contribution in [3.63, 3.8) is 0 Å². The Balaban J connectivity index is 2.26. The summed E-state index contributed by atoms with van der Waals surface area (Å²) in [6.45, 7) is 6.05. The number of thiazole rings is 1. The van der Waals surface area contributed by atoms with Gasteiger partial charge in [-0.05, 0) is 31.4 Å². The highest BCUT2D eigenvalue weighted by Gasteiger charge is 2.15. The maximum absolute atomic E-state index is 5.94. The van der Waals surface area contributed by atoms with Gasteiger partial charge in [0.25, 0.3) is 0 Å². The molecular formula is C12H15ClN4S. The molecule has 1 unspecified atom stereocenters. The number of anilines is 1. The second-order valence-electron chi connectivity index (χ2n) is 4.06. The summed E-state index contributed by atoms with van der Waals surface area (Å²) in [5.74, 6) is 0.777. The highest BCUT2D eigenvalue weighted by molar-refractivity contribution is 7.09. The standard InChI is InChI=1S/C12H15ClN4S/c1-4-9(12-14-5-6-18-12)15-11-8(3)7(2)10(13)16-17-11/h5-6,9H,4H2,1-3H3,(H,15,17). The lowest BCUT2D eigenvalue weighted by atomic mass is 10.1. The molecule has 4 nitrogen and oxygen atoms in total. The molecule has 0 amide bonds. The minimum Gasteiger partial charge on any atom is -0.359 e. The van der Waals surface area contributed by atoms with E-state index in [1.165, 1.54) is 0 Å². The van der Waals surface area contributed by atoms with E-state index in [1.807, 2.05) is 25.4 Å². The van der Waals surface area contributed by atoms with E-state index in [1.54, 1.807) is 11.3 Å². The van der Waals surface area contributed by atoms with Crippen LogP contribution in [-0.4, -0.2) is 15.2 Å². The molecule has 2 rings (SSSR count). The van der Waals surface area contributed by atoms with Crippen molar-refractivity contribution in [3.05, 3.63) is 32.9 Å². The van der Waals surface area contributed by atoms with Crippen molar-refractivity contribution >= 4 is 28.8 Å². The molecule has 0 spiro atoms. The van der Waals surface area contributed by atoms with Gasteiger partial charge in [-0.3, -0.25) is 0 Å². The number of hydrogen-bond donors (Lipinski definition) is 1. The summed E-state index contributed by atoms with van der Waals surface area (Å²) in [4.78, 5) is 4.33. The van der Waals surface area contributed by atoms with Gasteiger partial charge < -0.3 is 5.32 Å². The Labute approximate surface area is 115 Å². The Morgan fingerprint density at radius 3 is 2.72 bits per heavy atom. The molecule has 0 aliphatic carbocycles. The summed E-state index contributed by atoms with van der Waals surface area (Å²) >= 11 is 7.58. The monoisotopic (exact) mass is 282 g/mol. The molecule has 18 heavy (non-hydrogen) atoms. The molecule has 0 saturated carbocycles. The van der Waals surface area contributed by atoms with Crippen molar-refractivity contribution in [1.82, 2.24) is 15.2 Å². The highest BCUT2D eigenvalue weighted by Crippen LogP contribution is 2.27. The van der Waals surface area contributed by atoms with Gasteiger partial charge >= 0.3 is 0 Å². The van der Waals surface area contributed by atoms with Crippen molar-refractivity contribution in [2.45, 2.75) is 33.2 Å². The van der Waals surface area contributed by atoms with Gasteiger partial charge in [-0.15, -0.1) is 21.5 Å². The normalized spacial score (nSPS) is 12.4. The van der Waals surface area contributed by atoms with Gasteiger partial charge in [-0.25, -0.2) is 4.98 Å². The van der Waals surface area contributed by atoms with Gasteiger partial charge in [0.15, 0.2) is 11.0 Å². The van der Waals surface area contributed by atoms with E-state index in [9.17, 15) is 0 Å². The first-order valence-electron chi connectivity index (χ1n) is 5.78. The van der Waals surface area contributed by atoms with Crippen LogP contribution in [-0.2, 0) is 0 Å². The number of aromatic nitrogens is 3. The Bertz CT molecular complexity index is 527. The summed E-state index contributed by atoms with van der Waals surface area (Å²) < 4.78 is 0. The van der Waals surface area contributed by atoms with Crippen molar-refractivity contribution < 1.29 is 0 Å². The topological polar surface area (TPSA) is 50.7 Å². The van der Waals surface area contributed by atoms with Crippen molar-refractivity contribution in [2.24, 2.45) is 0 Å². The van der Waals surface area contributed by atoms with Crippen LogP contribution in [0.2, 0.25) is 5.15 Å². The number of nitrogens with zero attached hydrogens (tertiary/aromatic N) is 3. The van der Waals surface area contributed by atoms with E-state index >= 15 is 0 Å². The molecule has 0 saturated heterocycles. The number of nitrogens with one attached hydrogen (secondary N) is 1. The third kappa shape index (κ3) is 2.62. The minimum absolute atomic E-state index is 0.165. The first kappa shape index (κ1) is 13.2. The van der Waals surface area contributed by atoms with Crippen molar-refractivity contribution in [2.75, 3.05) is 5.32 Å². The van der Waals surface area contributed by atoms with Crippen LogP contribution in [0.3, 0.4) is 0 Å². The first-order valence-corrected chi connectivity index (χ1v) is 7.04. The van der Waals surface area contributed by atoms with Gasteiger partial charge in [0.2, 0.25) is 0 Å². The van der Waals surface area contributed by atoms with Crippen LogP contribution in [0.5, 0.6) is 0 Å². The van der Waals surface area contributed by atoms with Gasteiger partial charge in [0.1, 0.15) is 5.01 Å². The summed E-state index contributed by atoms with van der Waals surface area (Å²) in [5, 5.41) is 14.9. The lowest BCUT2D eigenvalue weighted by Crippen LogP contribution is -2.12. The summed E-state index contributed by atoms with van der Waals surface area (Å²) in [7, 11) is 0. The predicted octanol–water partition coefficient (Wildman–Crippen LogP) is 3.77. The summed E-state index contributed by atoms with van der Waals surface area (Å²) in [5.41, 5.74) is 1.99. The van der Waals surface area contributed by atoms with Crippen LogP contribution in [0.4, 0.5) is 5.82 Å². The van der Waals surface area contributed by atoms with Crippen LogP contribution in [0.1, 0.15) is 35.5 Å². The summed E-state index contributed by atoms with van der Waals surface area (Å²) in [6, 6.07) is 0.165. The van der Waals surface area contributed by atoms with E-state index in [4.69, 9.17) is 11.6 Å². The molecule has 1 atom stereocenters. The van der Waals surface area contributed by atoms with Crippen LogP contribution in [0.15, 0.2) is 11.6 Å². The lowest BCUT2D eigenvalue weighted by Gasteiger charge is -2.17. The largest absolute Gasteiger partial charge is 0.359 e. The molecule has 6 heteroatoms. The molecule has 0 aromatic carbocycles. The number of halogens is 1. The van der Waals surface area contributed by atoms with Crippen LogP contribution in [0.25, 0.3) is 0 Å². The molecular weight excluding hydrogens is 268 g/mol. The number of hydrogen-bond acceptors (Lipinski definition) is 5. The minimum atomic E-state index is 0.165. The molecule has 1 N–H and O–H groups in total. The van der Waals surface area contributed by atoms with E-state index < -0.39 is 0 Å². The fraction of sp³-hybridized carbons (Fsp3) is 0.417. The highest BCUT2D eigenvalue weighted by atomic mass is 35.5. The molecule has 0 bridgehead atoms. The molecule has 0 radical (unpaired) electrons. The third-order valence-corrected chi connectivity index (χ3v) is 4.18. The fourth-order valence-corrected chi connectivity index (χ4v) is 2.58. The predicted molar refractivity (Wildman–Crippen MR) is 75.3 cm³/mol. The average Bonchev–Trinajstić information content (AvgIpc) is 2.89. The van der Waals surface area contributed by atoms with Gasteiger partial charge in [0.05, 0.1) is 6.04 Å². The molecule has 96 valence electrons. The molecule has 2 heterocycles. The zero-order chi connectivity index (χ0) is 13.1. The Kier molecular flexibility index (Phi) is 4.14. The maximum atomic E-state index is 5.94. The van der Waals surface area contributed by atoms with E-state index in [2.05, 4.69) is 27.4 Å². The zero-order valence-electron chi connectivity index (χ0n) is 10.6.